The van der Waals surface area contributed by atoms with Crippen molar-refractivity contribution in [2.75, 3.05) is 5.32 Å². The number of carbonyl (C=O) groups excluding carboxylic acids is 2. The summed E-state index contributed by atoms with van der Waals surface area (Å²) in [7, 11) is 0. The Morgan fingerprint density at radius 2 is 1.93 bits per heavy atom. The Hall–Kier alpha value is -3.23. The molecule has 4 heterocycles. The molecule has 0 bridgehead atoms. The van der Waals surface area contributed by atoms with Gasteiger partial charge in [-0.15, -0.1) is 0 Å². The molecular weight excluding hydrogens is 429 g/mol. The monoisotopic (exact) mass is 443 g/mol. The number of ketones is 1. The molecule has 152 valence electrons. The summed E-state index contributed by atoms with van der Waals surface area (Å²) in [4.78, 5) is 33.8. The number of fused-ring (bicyclic) bond motifs is 1. The van der Waals surface area contributed by atoms with Crippen LogP contribution in [0.3, 0.4) is 0 Å². The van der Waals surface area contributed by atoms with E-state index < -0.39 is 11.7 Å². The summed E-state index contributed by atoms with van der Waals surface area (Å²) in [5, 5.41) is 7.24. The van der Waals surface area contributed by atoms with E-state index in [1.165, 1.54) is 12.4 Å². The molecule has 30 heavy (non-hydrogen) atoms. The molecule has 0 saturated heterocycles. The van der Waals surface area contributed by atoms with Crippen LogP contribution in [0.5, 0.6) is 0 Å². The number of nitrogens with one attached hydrogen (secondary N) is 1. The Labute approximate surface area is 180 Å². The van der Waals surface area contributed by atoms with Crippen molar-refractivity contribution in [1.82, 2.24) is 19.7 Å². The second kappa shape index (κ2) is 7.89. The number of anilines is 1. The SMILES string of the molecule is Cc1noc(C)c1Cn1cc(C(=O)C(=O)Nc2c(Cl)cncc2Cl)c2cccnc21. The fraction of sp³-hybridized carbons (Fsp3) is 0.150. The van der Waals surface area contributed by atoms with Crippen molar-refractivity contribution in [3.63, 3.8) is 0 Å². The van der Waals surface area contributed by atoms with Crippen molar-refractivity contribution in [2.24, 2.45) is 0 Å². The maximum absolute atomic E-state index is 12.9. The zero-order chi connectivity index (χ0) is 21.4. The van der Waals surface area contributed by atoms with Gasteiger partial charge >= 0.3 is 0 Å². The first kappa shape index (κ1) is 20.1. The molecule has 0 aliphatic carbocycles. The van der Waals surface area contributed by atoms with Crippen molar-refractivity contribution < 1.29 is 14.1 Å². The zero-order valence-corrected chi connectivity index (χ0v) is 17.5. The largest absolute Gasteiger partial charge is 0.361 e. The molecule has 0 fully saturated rings. The maximum Gasteiger partial charge on any atom is 0.296 e. The summed E-state index contributed by atoms with van der Waals surface area (Å²) in [6.45, 7) is 4.05. The van der Waals surface area contributed by atoms with Crippen molar-refractivity contribution in [1.29, 1.82) is 0 Å². The molecule has 1 N–H and O–H groups in total. The number of rotatable bonds is 5. The van der Waals surface area contributed by atoms with Gasteiger partial charge in [-0.05, 0) is 26.0 Å². The molecule has 0 spiro atoms. The number of hydrogen-bond acceptors (Lipinski definition) is 6. The maximum atomic E-state index is 12.9. The standard InChI is InChI=1S/C20H15Cl2N5O3/c1-10-13(11(2)30-26-10)8-27-9-14(12-4-3-5-24-19(12)27)18(28)20(29)25-17-15(21)6-23-7-16(17)22/h3-7,9H,8H2,1-2H3,(H,23,25,29). The first-order valence-corrected chi connectivity index (χ1v) is 9.62. The topological polar surface area (TPSA) is 103 Å². The summed E-state index contributed by atoms with van der Waals surface area (Å²) >= 11 is 12.1. The van der Waals surface area contributed by atoms with Crippen LogP contribution in [-0.2, 0) is 11.3 Å². The Bertz CT molecular complexity index is 1260. The van der Waals surface area contributed by atoms with Gasteiger partial charge in [-0.25, -0.2) is 4.98 Å². The number of aromatic nitrogens is 4. The van der Waals surface area contributed by atoms with Crippen molar-refractivity contribution in [3.05, 3.63) is 69.5 Å². The molecule has 10 heteroatoms. The molecule has 0 unspecified atom stereocenters. The second-order valence-corrected chi connectivity index (χ2v) is 7.42. The van der Waals surface area contributed by atoms with Crippen LogP contribution in [0.25, 0.3) is 11.0 Å². The Balaban J connectivity index is 1.70. The Morgan fingerprint density at radius 1 is 1.20 bits per heavy atom. The number of pyridine rings is 2. The minimum absolute atomic E-state index is 0.129. The van der Waals surface area contributed by atoms with Gasteiger partial charge in [0.2, 0.25) is 0 Å². The first-order valence-electron chi connectivity index (χ1n) is 8.87. The van der Waals surface area contributed by atoms with Gasteiger partial charge in [-0.1, -0.05) is 28.4 Å². The minimum Gasteiger partial charge on any atom is -0.361 e. The third-order valence-corrected chi connectivity index (χ3v) is 5.26. The van der Waals surface area contributed by atoms with Crippen LogP contribution in [-0.4, -0.2) is 31.4 Å². The van der Waals surface area contributed by atoms with Crippen LogP contribution < -0.4 is 5.32 Å². The molecule has 4 rings (SSSR count). The molecule has 0 radical (unpaired) electrons. The van der Waals surface area contributed by atoms with Crippen molar-refractivity contribution >= 4 is 51.6 Å². The van der Waals surface area contributed by atoms with E-state index in [1.54, 1.807) is 29.1 Å². The average molecular weight is 444 g/mol. The lowest BCUT2D eigenvalue weighted by molar-refractivity contribution is -0.112. The number of nitrogens with zero attached hydrogens (tertiary/aromatic N) is 4. The fourth-order valence-corrected chi connectivity index (χ4v) is 3.60. The molecule has 8 nitrogen and oxygen atoms in total. The Kier molecular flexibility index (Phi) is 5.27. The zero-order valence-electron chi connectivity index (χ0n) is 15.9. The molecule has 1 amide bonds. The molecule has 0 aromatic carbocycles. The predicted octanol–water partition coefficient (Wildman–Crippen LogP) is 4.21. The normalized spacial score (nSPS) is 11.1. The molecule has 4 aromatic heterocycles. The van der Waals surface area contributed by atoms with Crippen LogP contribution in [0, 0.1) is 13.8 Å². The highest BCUT2D eigenvalue weighted by Crippen LogP contribution is 2.29. The highest BCUT2D eigenvalue weighted by atomic mass is 35.5. The lowest BCUT2D eigenvalue weighted by Gasteiger charge is -2.07. The minimum atomic E-state index is -0.870. The van der Waals surface area contributed by atoms with Crippen LogP contribution in [0.4, 0.5) is 5.69 Å². The molecule has 4 aromatic rings. The average Bonchev–Trinajstić information content (AvgIpc) is 3.25. The molecule has 0 atom stereocenters. The third-order valence-electron chi connectivity index (χ3n) is 4.69. The van der Waals surface area contributed by atoms with Gasteiger partial charge < -0.3 is 14.4 Å². The first-order chi connectivity index (χ1) is 14.4. The summed E-state index contributed by atoms with van der Waals surface area (Å²) in [5.41, 5.74) is 2.54. The third kappa shape index (κ3) is 3.55. The summed E-state index contributed by atoms with van der Waals surface area (Å²) in [6.07, 6.45) is 5.87. The van der Waals surface area contributed by atoms with E-state index in [0.717, 1.165) is 11.3 Å². The van der Waals surface area contributed by atoms with Crippen molar-refractivity contribution in [3.8, 4) is 0 Å². The van der Waals surface area contributed by atoms with E-state index in [4.69, 9.17) is 27.7 Å². The molecular formula is C20H15Cl2N5O3. The number of Topliss-reactive ketones (excluding diaryl/α,β-unsaturated/α-hetero) is 1. The van der Waals surface area contributed by atoms with Gasteiger partial charge in [0, 0.05) is 35.7 Å². The fourth-order valence-electron chi connectivity index (χ4n) is 3.15. The van der Waals surface area contributed by atoms with Gasteiger partial charge in [-0.2, -0.15) is 0 Å². The number of hydrogen-bond donors (Lipinski definition) is 1. The summed E-state index contributed by atoms with van der Waals surface area (Å²) < 4.78 is 7.00. The summed E-state index contributed by atoms with van der Waals surface area (Å²) in [5.74, 6) is -0.933. The Morgan fingerprint density at radius 3 is 2.60 bits per heavy atom. The van der Waals surface area contributed by atoms with E-state index >= 15 is 0 Å². The molecule has 0 saturated carbocycles. The van der Waals surface area contributed by atoms with Gasteiger partial charge in [0.05, 0.1) is 33.5 Å². The van der Waals surface area contributed by atoms with Crippen LogP contribution in [0.1, 0.15) is 27.4 Å². The van der Waals surface area contributed by atoms with Gasteiger partial charge in [0.1, 0.15) is 11.4 Å². The molecule has 0 aliphatic rings. The predicted molar refractivity (Wildman–Crippen MR) is 112 cm³/mol. The number of amides is 1. The van der Waals surface area contributed by atoms with Crippen LogP contribution in [0.2, 0.25) is 10.0 Å². The highest BCUT2D eigenvalue weighted by molar-refractivity contribution is 6.50. The van der Waals surface area contributed by atoms with Crippen LogP contribution >= 0.6 is 23.2 Å². The quantitative estimate of drug-likeness (QED) is 0.365. The van der Waals surface area contributed by atoms with E-state index in [0.29, 0.717) is 23.3 Å². The lowest BCUT2D eigenvalue weighted by Crippen LogP contribution is -2.23. The van der Waals surface area contributed by atoms with Gasteiger partial charge in [-0.3, -0.25) is 14.6 Å². The van der Waals surface area contributed by atoms with E-state index in [9.17, 15) is 9.59 Å². The number of carbonyl (C=O) groups is 2. The van der Waals surface area contributed by atoms with Crippen LogP contribution in [0.15, 0.2) is 41.4 Å². The molecule has 0 aliphatic heterocycles. The lowest BCUT2D eigenvalue weighted by atomic mass is 10.1. The summed E-state index contributed by atoms with van der Waals surface area (Å²) in [6, 6.07) is 3.44. The van der Waals surface area contributed by atoms with Gasteiger partial charge in [0.25, 0.3) is 11.7 Å². The highest BCUT2D eigenvalue weighted by Gasteiger charge is 2.24. The van der Waals surface area contributed by atoms with E-state index in [2.05, 4.69) is 20.4 Å². The number of halogens is 2. The second-order valence-electron chi connectivity index (χ2n) is 6.61. The van der Waals surface area contributed by atoms with E-state index in [-0.39, 0.29) is 21.3 Å². The number of aryl methyl sites for hydroxylation is 2. The van der Waals surface area contributed by atoms with Crippen molar-refractivity contribution in [2.45, 2.75) is 20.4 Å². The smallest absolute Gasteiger partial charge is 0.296 e. The van der Waals surface area contributed by atoms with E-state index in [1.807, 2.05) is 13.8 Å². The van der Waals surface area contributed by atoms with Gasteiger partial charge in [0.15, 0.2) is 0 Å².